The number of carbonyl (C=O) groups is 6. The lowest BCUT2D eigenvalue weighted by Crippen LogP contribution is -3.00. The number of nitrogens with two attached hydrogens (primary N) is 1. The van der Waals surface area contributed by atoms with Crippen LogP contribution in [0.25, 0.3) is 0 Å². The van der Waals surface area contributed by atoms with Crippen molar-refractivity contribution in [2.45, 2.75) is 104 Å². The summed E-state index contributed by atoms with van der Waals surface area (Å²) < 4.78 is 20.7. The lowest BCUT2D eigenvalue weighted by Gasteiger charge is -2.36. The zero-order valence-electron chi connectivity index (χ0n) is 38.0. The van der Waals surface area contributed by atoms with Crippen LogP contribution in [-0.2, 0) is 41.8 Å². The molecule has 2 fully saturated rings. The molecule has 3 N–H and O–H groups in total. The summed E-state index contributed by atoms with van der Waals surface area (Å²) in [6, 6.07) is 31.3. The average molecular weight is 947 g/mol. The molecule has 4 aromatic rings. The minimum Gasteiger partial charge on any atom is -1.00 e. The Balaban J connectivity index is 0.000000288. The van der Waals surface area contributed by atoms with Crippen molar-refractivity contribution >= 4 is 46.6 Å². The number of rotatable bonds is 17. The van der Waals surface area contributed by atoms with Crippen LogP contribution in [0.4, 0.5) is 0 Å². The molecule has 2 saturated carbocycles. The van der Waals surface area contributed by atoms with Crippen molar-refractivity contribution in [3.8, 4) is 0 Å². The first-order valence-electron chi connectivity index (χ1n) is 22.5. The Morgan fingerprint density at radius 3 is 1.38 bits per heavy atom. The fourth-order valence-corrected chi connectivity index (χ4v) is 8.36. The topological polar surface area (TPSA) is 177 Å². The van der Waals surface area contributed by atoms with Crippen LogP contribution in [0.15, 0.2) is 109 Å². The molecule has 6 rings (SSSR count). The molecule has 0 bridgehead atoms. The summed E-state index contributed by atoms with van der Waals surface area (Å²) in [6.07, 6.45) is 11.7. The van der Waals surface area contributed by atoms with E-state index in [4.69, 9.17) is 36.3 Å². The highest BCUT2D eigenvalue weighted by Gasteiger charge is 2.36. The molecule has 356 valence electrons. The molecule has 66 heavy (non-hydrogen) atoms. The predicted molar refractivity (Wildman–Crippen MR) is 249 cm³/mol. The van der Waals surface area contributed by atoms with Crippen molar-refractivity contribution in [3.05, 3.63) is 143 Å². The van der Waals surface area contributed by atoms with Gasteiger partial charge in [0.2, 0.25) is 0 Å². The highest BCUT2D eigenvalue weighted by atomic mass is 35.5. The first-order chi connectivity index (χ1) is 31.4. The summed E-state index contributed by atoms with van der Waals surface area (Å²) in [5.41, 5.74) is 8.53. The largest absolute Gasteiger partial charge is 1.00 e. The zero-order chi connectivity index (χ0) is 46.9. The number of amides is 1. The number of nitrogens with one attached hydrogen (secondary N) is 1. The summed E-state index contributed by atoms with van der Waals surface area (Å²) >= 11 is 5.46. The number of esters is 4. The van der Waals surface area contributed by atoms with Crippen LogP contribution in [0.1, 0.15) is 143 Å². The Hall–Kier alpha value is -5.56. The van der Waals surface area contributed by atoms with Gasteiger partial charge in [-0.1, -0.05) is 111 Å². The summed E-state index contributed by atoms with van der Waals surface area (Å²) in [6.45, 7) is 5.53. The molecule has 1 amide bonds. The van der Waals surface area contributed by atoms with Crippen LogP contribution in [0.5, 0.6) is 0 Å². The van der Waals surface area contributed by atoms with Gasteiger partial charge in [-0.2, -0.15) is 0 Å². The molecule has 12 nitrogen and oxygen atoms in total. The maximum absolute atomic E-state index is 13.0. The lowest BCUT2D eigenvalue weighted by molar-refractivity contribution is -0.147. The van der Waals surface area contributed by atoms with E-state index in [1.54, 1.807) is 97.9 Å². The normalized spacial score (nSPS) is 14.4. The quantitative estimate of drug-likeness (QED) is 0.0636. The highest BCUT2D eigenvalue weighted by molar-refractivity contribution is 6.67. The third-order valence-electron chi connectivity index (χ3n) is 11.8. The molecule has 0 spiro atoms. The van der Waals surface area contributed by atoms with E-state index < -0.39 is 17.2 Å². The van der Waals surface area contributed by atoms with Crippen molar-refractivity contribution < 1.29 is 60.1 Å². The van der Waals surface area contributed by atoms with Crippen LogP contribution in [0.3, 0.4) is 0 Å². The number of halogens is 2. The van der Waals surface area contributed by atoms with Gasteiger partial charge in [0.1, 0.15) is 13.2 Å². The summed E-state index contributed by atoms with van der Waals surface area (Å²) in [7, 11) is 0. The van der Waals surface area contributed by atoms with Gasteiger partial charge in [0.05, 0.1) is 37.2 Å². The molecule has 0 heterocycles. The molecule has 0 radical (unpaired) electrons. The Labute approximate surface area is 400 Å². The molecule has 0 unspecified atom stereocenters. The van der Waals surface area contributed by atoms with E-state index in [1.807, 2.05) is 25.1 Å². The number of hydrogen-bond acceptors (Lipinski definition) is 11. The van der Waals surface area contributed by atoms with Crippen LogP contribution in [0, 0.1) is 10.8 Å². The minimum atomic E-state index is -0.564. The highest BCUT2D eigenvalue weighted by Crippen LogP contribution is 2.40. The first-order valence-corrected chi connectivity index (χ1v) is 22.9. The molecule has 0 aromatic heterocycles. The van der Waals surface area contributed by atoms with Gasteiger partial charge in [0.15, 0.2) is 0 Å². The van der Waals surface area contributed by atoms with E-state index in [2.05, 4.69) is 5.32 Å². The third kappa shape index (κ3) is 18.0. The lowest BCUT2D eigenvalue weighted by atomic mass is 9.71. The van der Waals surface area contributed by atoms with Gasteiger partial charge in [-0.25, -0.2) is 9.59 Å². The van der Waals surface area contributed by atoms with E-state index in [-0.39, 0.29) is 54.3 Å². The Morgan fingerprint density at radius 2 is 0.939 bits per heavy atom. The maximum Gasteiger partial charge on any atom is 0.338 e. The van der Waals surface area contributed by atoms with E-state index in [1.165, 1.54) is 19.3 Å². The fraction of sp³-hybridized carbons (Fsp3) is 0.423. The van der Waals surface area contributed by atoms with Gasteiger partial charge in [0.25, 0.3) is 11.1 Å². The molecule has 14 heteroatoms. The van der Waals surface area contributed by atoms with Crippen molar-refractivity contribution in [3.63, 3.8) is 0 Å². The van der Waals surface area contributed by atoms with Crippen molar-refractivity contribution in [1.82, 2.24) is 5.32 Å². The Bertz CT molecular complexity index is 2140. The van der Waals surface area contributed by atoms with Crippen LogP contribution in [-0.4, -0.2) is 61.3 Å². The Kier molecular flexibility index (Phi) is 24.2. The third-order valence-corrected chi connectivity index (χ3v) is 12.0. The molecular formula is C52H63Cl2N2O10-. The summed E-state index contributed by atoms with van der Waals surface area (Å²) in [5.74, 6) is -1.39. The van der Waals surface area contributed by atoms with E-state index in [9.17, 15) is 28.8 Å². The van der Waals surface area contributed by atoms with E-state index in [0.717, 1.165) is 44.9 Å². The SMILES string of the molecule is CCOC(=O)CC1(CN)CCCCC1.CCOC(=O)CC1(CNC(=O)c2ccccc2COC(=O)c2ccccc2)CCCCC1.O=C(OCc1ccccc1C(=O)Cl)c1ccccc1.[Cl-]. The molecule has 0 atom stereocenters. The molecule has 2 aliphatic carbocycles. The molecule has 0 saturated heterocycles. The summed E-state index contributed by atoms with van der Waals surface area (Å²) in [5, 5.41) is 2.47. The van der Waals surface area contributed by atoms with E-state index >= 15 is 0 Å². The van der Waals surface area contributed by atoms with Crippen molar-refractivity contribution in [1.29, 1.82) is 0 Å². The minimum absolute atomic E-state index is 0. The van der Waals surface area contributed by atoms with Crippen molar-refractivity contribution in [2.75, 3.05) is 26.3 Å². The standard InChI is InChI=1S/C26H31NO5.C15H11ClO3.C11H21NO2.ClH/c1-2-31-23(28)17-26(15-9-4-10-16-26)19-27-24(29)22-14-8-7-13-21(22)18-32-25(30)20-11-5-3-6-12-20;16-14(17)13-9-5-4-8-12(13)10-19-15(18)11-6-2-1-3-7-11;1-2-14-10(13)8-11(9-12)6-4-3-5-7-11;/h3,5-8,11-14H,2,4,9-10,15-19H2,1H3,(H,27,29);1-9H,10H2;2-9,12H2,1H3;1H/p-1. The molecular weight excluding hydrogens is 883 g/mol. The van der Waals surface area contributed by atoms with Crippen LogP contribution < -0.4 is 23.5 Å². The Morgan fingerprint density at radius 1 is 0.545 bits per heavy atom. The maximum atomic E-state index is 13.0. The van der Waals surface area contributed by atoms with Gasteiger partial charge in [-0.05, 0) is 105 Å². The number of hydrogen-bond donors (Lipinski definition) is 2. The van der Waals surface area contributed by atoms with Gasteiger partial charge in [-0.15, -0.1) is 0 Å². The number of benzene rings is 4. The monoisotopic (exact) mass is 945 g/mol. The second kappa shape index (κ2) is 29.2. The van der Waals surface area contributed by atoms with Crippen LogP contribution in [0.2, 0.25) is 0 Å². The summed E-state index contributed by atoms with van der Waals surface area (Å²) in [4.78, 5) is 71.8. The second-order valence-corrected chi connectivity index (χ2v) is 16.8. The van der Waals surface area contributed by atoms with Gasteiger partial charge < -0.3 is 42.4 Å². The predicted octanol–water partition coefficient (Wildman–Crippen LogP) is 6.95. The zero-order valence-corrected chi connectivity index (χ0v) is 39.5. The molecule has 4 aromatic carbocycles. The van der Waals surface area contributed by atoms with Crippen LogP contribution >= 0.6 is 11.6 Å². The van der Waals surface area contributed by atoms with E-state index in [0.29, 0.717) is 72.5 Å². The average Bonchev–Trinajstić information content (AvgIpc) is 3.33. The molecule has 0 aliphatic heterocycles. The second-order valence-electron chi connectivity index (χ2n) is 16.4. The van der Waals surface area contributed by atoms with Gasteiger partial charge in [0, 0.05) is 28.8 Å². The van der Waals surface area contributed by atoms with Crippen molar-refractivity contribution in [2.24, 2.45) is 16.6 Å². The smallest absolute Gasteiger partial charge is 0.338 e. The molecule has 2 aliphatic rings. The fourth-order valence-electron chi connectivity index (χ4n) is 8.18. The van der Waals surface area contributed by atoms with Gasteiger partial charge in [-0.3, -0.25) is 19.2 Å². The first kappa shape index (κ1) is 54.8. The van der Waals surface area contributed by atoms with Gasteiger partial charge >= 0.3 is 23.9 Å². The number of ether oxygens (including phenoxy) is 4. The number of carbonyl (C=O) groups excluding carboxylic acids is 6.